The molecule has 1 atom stereocenters. The molecule has 0 radical (unpaired) electrons. The number of piperazine rings is 1. The molecule has 1 N–H and O–H groups in total. The first-order valence-electron chi connectivity index (χ1n) is 14.8. The summed E-state index contributed by atoms with van der Waals surface area (Å²) >= 11 is 1.24. The Morgan fingerprint density at radius 2 is 1.66 bits per heavy atom. The Hall–Kier alpha value is -4.64. The Kier molecular flexibility index (Phi) is 8.92. The minimum Gasteiger partial charge on any atom is -0.492 e. The molecule has 0 bridgehead atoms. The minimum atomic E-state index is -0.666. The number of hydrogen-bond donors (Lipinski definition) is 1. The molecule has 0 saturated carbocycles. The van der Waals surface area contributed by atoms with Gasteiger partial charge in [0.2, 0.25) is 11.8 Å². The summed E-state index contributed by atoms with van der Waals surface area (Å²) in [7, 11) is 0. The number of carbonyl (C=O) groups excluding carboxylic acids is 3. The summed E-state index contributed by atoms with van der Waals surface area (Å²) in [5.41, 5.74) is 3.19. The zero-order valence-electron chi connectivity index (χ0n) is 24.5. The van der Waals surface area contributed by atoms with Gasteiger partial charge >= 0.3 is 0 Å². The number of thioether (sulfide) groups is 1. The number of anilines is 2. The van der Waals surface area contributed by atoms with E-state index in [9.17, 15) is 14.4 Å². The summed E-state index contributed by atoms with van der Waals surface area (Å²) in [4.78, 5) is 54.7. The summed E-state index contributed by atoms with van der Waals surface area (Å²) in [6.07, 6.45) is 0.522. The zero-order chi connectivity index (χ0) is 30.5. The number of amidine groups is 2. The lowest BCUT2D eigenvalue weighted by Crippen LogP contribution is -2.49. The molecule has 6 rings (SSSR count). The van der Waals surface area contributed by atoms with Gasteiger partial charge in [-0.1, -0.05) is 54.2 Å². The zero-order valence-corrected chi connectivity index (χ0v) is 25.3. The number of amides is 3. The Balaban J connectivity index is 1.11. The molecule has 1 saturated heterocycles. The molecule has 0 aliphatic carbocycles. The van der Waals surface area contributed by atoms with Crippen LogP contribution in [0.2, 0.25) is 0 Å². The monoisotopic (exact) mass is 610 g/mol. The highest BCUT2D eigenvalue weighted by atomic mass is 32.2. The van der Waals surface area contributed by atoms with E-state index >= 15 is 0 Å². The lowest BCUT2D eigenvalue weighted by atomic mass is 10.1. The summed E-state index contributed by atoms with van der Waals surface area (Å²) in [6, 6.07) is 24.3. The van der Waals surface area contributed by atoms with E-state index in [0.29, 0.717) is 54.2 Å². The van der Waals surface area contributed by atoms with Crippen LogP contribution in [0.5, 0.6) is 5.75 Å². The van der Waals surface area contributed by atoms with Crippen LogP contribution < -0.4 is 15.0 Å². The first-order chi connectivity index (χ1) is 21.5. The van der Waals surface area contributed by atoms with E-state index < -0.39 is 6.04 Å². The predicted molar refractivity (Wildman–Crippen MR) is 174 cm³/mol. The summed E-state index contributed by atoms with van der Waals surface area (Å²) < 4.78 is 5.63. The van der Waals surface area contributed by atoms with Gasteiger partial charge in [0.15, 0.2) is 5.17 Å². The van der Waals surface area contributed by atoms with Crippen molar-refractivity contribution in [3.8, 4) is 5.75 Å². The number of carbonyl (C=O) groups is 3. The van der Waals surface area contributed by atoms with E-state index in [1.54, 1.807) is 11.0 Å². The molecule has 11 heteroatoms. The van der Waals surface area contributed by atoms with E-state index in [0.717, 1.165) is 24.3 Å². The maximum Gasteiger partial charge on any atom is 0.270 e. The minimum absolute atomic E-state index is 0.0230. The molecule has 3 aliphatic rings. The van der Waals surface area contributed by atoms with Crippen molar-refractivity contribution in [2.24, 2.45) is 9.98 Å². The van der Waals surface area contributed by atoms with Gasteiger partial charge in [-0.05, 0) is 49.7 Å². The second-order valence-electron chi connectivity index (χ2n) is 10.6. The SMILES string of the molecule is CCOc1ccccc1NC(=O)CSC1=Nc2ccccc2C2=NC(=O)C(CCC(=O)N3CCN(c4ccccc4)CC3)N12. The molecule has 10 nitrogen and oxygen atoms in total. The van der Waals surface area contributed by atoms with Crippen LogP contribution in [0.3, 0.4) is 0 Å². The molecule has 3 heterocycles. The number of para-hydroxylation sites is 4. The van der Waals surface area contributed by atoms with Crippen molar-refractivity contribution in [2.45, 2.75) is 25.8 Å². The normalized spacial score (nSPS) is 17.4. The van der Waals surface area contributed by atoms with Gasteiger partial charge in [0.1, 0.15) is 17.6 Å². The Bertz CT molecular complexity index is 1600. The molecule has 0 spiro atoms. The smallest absolute Gasteiger partial charge is 0.270 e. The number of nitrogens with one attached hydrogen (secondary N) is 1. The fraction of sp³-hybridized carbons (Fsp3) is 0.303. The predicted octanol–water partition coefficient (Wildman–Crippen LogP) is 4.54. The number of rotatable bonds is 9. The fourth-order valence-corrected chi connectivity index (χ4v) is 6.46. The maximum atomic E-state index is 13.2. The highest BCUT2D eigenvalue weighted by Gasteiger charge is 2.42. The Morgan fingerprint density at radius 1 is 0.932 bits per heavy atom. The lowest BCUT2D eigenvalue weighted by Gasteiger charge is -2.36. The van der Waals surface area contributed by atoms with Crippen LogP contribution in [-0.2, 0) is 14.4 Å². The van der Waals surface area contributed by atoms with Crippen LogP contribution in [-0.4, -0.2) is 83.1 Å². The summed E-state index contributed by atoms with van der Waals surface area (Å²) in [5, 5.41) is 3.42. The topological polar surface area (TPSA) is 107 Å². The summed E-state index contributed by atoms with van der Waals surface area (Å²) in [6.45, 7) is 5.17. The first-order valence-corrected chi connectivity index (χ1v) is 15.8. The van der Waals surface area contributed by atoms with Crippen LogP contribution in [0.1, 0.15) is 25.3 Å². The molecule has 0 aromatic heterocycles. The van der Waals surface area contributed by atoms with Crippen molar-refractivity contribution >= 4 is 57.5 Å². The standard InChI is InChI=1S/C33H34N6O4S/c1-2-43-28-15-9-8-14-26(28)34-29(40)22-44-33-35-25-13-7-6-12-24(25)31-36-32(42)27(39(31)33)16-17-30(41)38-20-18-37(19-21-38)23-10-4-3-5-11-23/h3-15,27H,2,16-22H2,1H3,(H,34,40). The van der Waals surface area contributed by atoms with Gasteiger partial charge in [-0.15, -0.1) is 0 Å². The van der Waals surface area contributed by atoms with Gasteiger partial charge in [-0.3, -0.25) is 19.3 Å². The van der Waals surface area contributed by atoms with Crippen molar-refractivity contribution in [1.29, 1.82) is 0 Å². The number of hydrogen-bond acceptors (Lipinski definition) is 8. The highest BCUT2D eigenvalue weighted by molar-refractivity contribution is 8.14. The summed E-state index contributed by atoms with van der Waals surface area (Å²) in [5.74, 6) is 0.671. The maximum absolute atomic E-state index is 13.2. The average molecular weight is 611 g/mol. The van der Waals surface area contributed by atoms with Gasteiger partial charge in [-0.25, -0.2) is 4.99 Å². The van der Waals surface area contributed by atoms with Crippen molar-refractivity contribution < 1.29 is 19.1 Å². The second kappa shape index (κ2) is 13.3. The quantitative estimate of drug-likeness (QED) is 0.379. The first kappa shape index (κ1) is 29.4. The number of nitrogens with zero attached hydrogens (tertiary/aromatic N) is 5. The second-order valence-corrected chi connectivity index (χ2v) is 11.5. The number of benzene rings is 3. The highest BCUT2D eigenvalue weighted by Crippen LogP contribution is 2.35. The van der Waals surface area contributed by atoms with Crippen LogP contribution in [0, 0.1) is 0 Å². The number of fused-ring (bicyclic) bond motifs is 3. The van der Waals surface area contributed by atoms with Gasteiger partial charge in [0.05, 0.1) is 23.7 Å². The molecule has 226 valence electrons. The van der Waals surface area contributed by atoms with Gasteiger partial charge in [0.25, 0.3) is 5.91 Å². The van der Waals surface area contributed by atoms with Crippen LogP contribution in [0.15, 0.2) is 88.8 Å². The molecular weight excluding hydrogens is 576 g/mol. The van der Waals surface area contributed by atoms with Crippen molar-refractivity contribution in [2.75, 3.05) is 48.8 Å². The number of ether oxygens (including phenoxy) is 1. The van der Waals surface area contributed by atoms with E-state index in [1.165, 1.54) is 11.8 Å². The fourth-order valence-electron chi connectivity index (χ4n) is 5.62. The van der Waals surface area contributed by atoms with Crippen LogP contribution >= 0.6 is 11.8 Å². The van der Waals surface area contributed by atoms with Crippen LogP contribution in [0.25, 0.3) is 0 Å². The van der Waals surface area contributed by atoms with Gasteiger partial charge in [0, 0.05) is 43.9 Å². The van der Waals surface area contributed by atoms with E-state index in [4.69, 9.17) is 9.73 Å². The van der Waals surface area contributed by atoms with Gasteiger partial charge in [-0.2, -0.15) is 4.99 Å². The van der Waals surface area contributed by atoms with Crippen molar-refractivity contribution in [3.63, 3.8) is 0 Å². The molecule has 3 amide bonds. The number of aliphatic imine (C=N–C) groups is 2. The third kappa shape index (κ3) is 6.33. The largest absolute Gasteiger partial charge is 0.492 e. The van der Waals surface area contributed by atoms with Crippen LogP contribution in [0.4, 0.5) is 17.1 Å². The van der Waals surface area contributed by atoms with E-state index in [-0.39, 0.29) is 29.9 Å². The molecule has 1 fully saturated rings. The molecule has 1 unspecified atom stereocenters. The van der Waals surface area contributed by atoms with E-state index in [1.807, 2.05) is 72.5 Å². The Labute approximate surface area is 260 Å². The Morgan fingerprint density at radius 3 is 2.45 bits per heavy atom. The average Bonchev–Trinajstić information content (AvgIpc) is 3.40. The molecule has 44 heavy (non-hydrogen) atoms. The third-order valence-corrected chi connectivity index (χ3v) is 8.74. The van der Waals surface area contributed by atoms with Gasteiger partial charge < -0.3 is 19.9 Å². The lowest BCUT2D eigenvalue weighted by molar-refractivity contribution is -0.132. The van der Waals surface area contributed by atoms with E-state index in [2.05, 4.69) is 27.3 Å². The molecule has 3 aromatic rings. The van der Waals surface area contributed by atoms with Crippen molar-refractivity contribution in [1.82, 2.24) is 9.80 Å². The third-order valence-electron chi connectivity index (χ3n) is 7.79. The molecule has 3 aliphatic heterocycles. The molecular formula is C33H34N6O4S. The molecule has 3 aromatic carbocycles. The van der Waals surface area contributed by atoms with Crippen molar-refractivity contribution in [3.05, 3.63) is 84.4 Å².